The highest BCUT2D eigenvalue weighted by molar-refractivity contribution is 7.15. The van der Waals surface area contributed by atoms with Crippen molar-refractivity contribution in [1.82, 2.24) is 0 Å². The fraction of sp³-hybridized carbons (Fsp3) is 0.333. The van der Waals surface area contributed by atoms with Crippen molar-refractivity contribution < 1.29 is 36.6 Å². The van der Waals surface area contributed by atoms with Crippen LogP contribution in [0.25, 0.3) is 0 Å². The molecule has 0 radical (unpaired) electrons. The van der Waals surface area contributed by atoms with Crippen LogP contribution >= 0.6 is 11.3 Å². The van der Waals surface area contributed by atoms with Gasteiger partial charge in [0.25, 0.3) is 0 Å². The second-order valence-electron chi connectivity index (χ2n) is 3.23. The Labute approximate surface area is 101 Å². The van der Waals surface area contributed by atoms with Gasteiger partial charge in [-0.25, -0.2) is 0 Å². The summed E-state index contributed by atoms with van der Waals surface area (Å²) in [6, 6.07) is 2.09. The number of carbonyl (C=O) groups is 2. The van der Waals surface area contributed by atoms with Gasteiger partial charge in [0.15, 0.2) is 10.8 Å². The third kappa shape index (κ3) is 2.84. The molecule has 1 heterocycles. The maximum Gasteiger partial charge on any atom is 0.461 e. The highest BCUT2D eigenvalue weighted by atomic mass is 32.1. The summed E-state index contributed by atoms with van der Waals surface area (Å²) >= 11 is 0.484. The van der Waals surface area contributed by atoms with E-state index in [1.54, 1.807) is 0 Å². The summed E-state index contributed by atoms with van der Waals surface area (Å²) < 4.78 is 60.5. The zero-order valence-electron chi connectivity index (χ0n) is 8.42. The molecule has 1 N–H and O–H groups in total. The number of aromatic hydroxyl groups is 1. The molecule has 0 atom stereocenters. The van der Waals surface area contributed by atoms with Gasteiger partial charge in [-0.1, -0.05) is 11.3 Å². The second kappa shape index (κ2) is 4.63. The van der Waals surface area contributed by atoms with Crippen molar-refractivity contribution >= 4 is 22.9 Å². The van der Waals surface area contributed by atoms with Crippen LogP contribution < -0.4 is 0 Å². The van der Waals surface area contributed by atoms with E-state index in [1.807, 2.05) is 0 Å². The smallest absolute Gasteiger partial charge is 0.461 e. The molecule has 0 aromatic carbocycles. The van der Waals surface area contributed by atoms with E-state index in [0.717, 1.165) is 12.1 Å². The Balaban J connectivity index is 2.80. The van der Waals surface area contributed by atoms with E-state index in [4.69, 9.17) is 5.11 Å². The zero-order chi connectivity index (χ0) is 14.1. The van der Waals surface area contributed by atoms with Gasteiger partial charge >= 0.3 is 12.1 Å². The normalized spacial score (nSPS) is 12.5. The van der Waals surface area contributed by atoms with Crippen molar-refractivity contribution in [3.8, 4) is 5.06 Å². The maximum atomic E-state index is 12.5. The summed E-state index contributed by atoms with van der Waals surface area (Å²) in [6.07, 6.45) is -7.60. The van der Waals surface area contributed by atoms with Crippen LogP contribution in [-0.4, -0.2) is 28.8 Å². The Kier molecular flexibility index (Phi) is 3.75. The molecule has 0 unspecified atom stereocenters. The summed E-state index contributed by atoms with van der Waals surface area (Å²) in [6.45, 7) is 0. The summed E-state index contributed by atoms with van der Waals surface area (Å²) in [5.74, 6) is -9.27. The van der Waals surface area contributed by atoms with Crippen molar-refractivity contribution in [3.63, 3.8) is 0 Å². The van der Waals surface area contributed by atoms with Crippen LogP contribution in [0.3, 0.4) is 0 Å². The Hall–Kier alpha value is -1.51. The first-order valence-corrected chi connectivity index (χ1v) is 5.17. The minimum absolute atomic E-state index is 0.265. The SMILES string of the molecule is O=C(CC(=O)C(F)(F)C(F)(F)F)c1ccc(O)s1. The molecule has 0 aliphatic rings. The molecule has 1 rings (SSSR count). The molecule has 0 amide bonds. The molecule has 0 saturated heterocycles. The number of rotatable bonds is 4. The Morgan fingerprint density at radius 3 is 2.11 bits per heavy atom. The van der Waals surface area contributed by atoms with Crippen LogP contribution in [0.15, 0.2) is 12.1 Å². The minimum atomic E-state index is -6.03. The van der Waals surface area contributed by atoms with Gasteiger partial charge in [0.2, 0.25) is 5.78 Å². The van der Waals surface area contributed by atoms with Gasteiger partial charge in [0, 0.05) is 0 Å². The minimum Gasteiger partial charge on any atom is -0.499 e. The molecular weight excluding hydrogens is 283 g/mol. The van der Waals surface area contributed by atoms with Crippen LogP contribution in [0.2, 0.25) is 0 Å². The third-order valence-electron chi connectivity index (χ3n) is 1.89. The second-order valence-corrected chi connectivity index (χ2v) is 4.30. The molecule has 0 spiro atoms. The number of thiophene rings is 1. The fourth-order valence-corrected chi connectivity index (χ4v) is 1.66. The molecule has 1 aromatic rings. The number of hydrogen-bond donors (Lipinski definition) is 1. The average Bonchev–Trinajstić information content (AvgIpc) is 2.62. The fourth-order valence-electron chi connectivity index (χ4n) is 0.980. The molecule has 0 aliphatic carbocycles. The number of carbonyl (C=O) groups excluding carboxylic acids is 2. The summed E-state index contributed by atoms with van der Waals surface area (Å²) in [5.41, 5.74) is 0. The van der Waals surface area contributed by atoms with Gasteiger partial charge in [0.05, 0.1) is 11.3 Å². The van der Waals surface area contributed by atoms with Gasteiger partial charge in [0.1, 0.15) is 0 Å². The van der Waals surface area contributed by atoms with E-state index < -0.39 is 30.1 Å². The van der Waals surface area contributed by atoms with Gasteiger partial charge in [-0.3, -0.25) is 9.59 Å². The highest BCUT2D eigenvalue weighted by Gasteiger charge is 2.62. The van der Waals surface area contributed by atoms with Crippen LogP contribution in [0, 0.1) is 0 Å². The zero-order valence-corrected chi connectivity index (χ0v) is 9.24. The van der Waals surface area contributed by atoms with Crippen LogP contribution in [0.4, 0.5) is 22.0 Å². The summed E-state index contributed by atoms with van der Waals surface area (Å²) in [5, 5.41) is 8.57. The number of alkyl halides is 5. The van der Waals surface area contributed by atoms with Crippen molar-refractivity contribution in [2.24, 2.45) is 0 Å². The third-order valence-corrected chi connectivity index (χ3v) is 2.82. The lowest BCUT2D eigenvalue weighted by atomic mass is 10.1. The van der Waals surface area contributed by atoms with Crippen LogP contribution in [0.5, 0.6) is 5.06 Å². The van der Waals surface area contributed by atoms with Gasteiger partial charge in [-0.15, -0.1) is 0 Å². The molecule has 0 fully saturated rings. The lowest BCUT2D eigenvalue weighted by Crippen LogP contribution is -2.44. The molecule has 100 valence electrons. The van der Waals surface area contributed by atoms with E-state index in [0.29, 0.717) is 11.3 Å². The van der Waals surface area contributed by atoms with E-state index in [-0.39, 0.29) is 9.94 Å². The van der Waals surface area contributed by atoms with Gasteiger partial charge in [-0.2, -0.15) is 22.0 Å². The molecule has 9 heteroatoms. The molecule has 0 bridgehead atoms. The number of Topliss-reactive ketones (excluding diaryl/α,β-unsaturated/α-hetero) is 2. The topological polar surface area (TPSA) is 54.4 Å². The molecule has 1 aromatic heterocycles. The quantitative estimate of drug-likeness (QED) is 0.526. The van der Waals surface area contributed by atoms with E-state index in [2.05, 4.69) is 0 Å². The highest BCUT2D eigenvalue weighted by Crippen LogP contribution is 2.37. The van der Waals surface area contributed by atoms with Crippen LogP contribution in [-0.2, 0) is 4.79 Å². The first-order valence-electron chi connectivity index (χ1n) is 4.35. The predicted molar refractivity (Wildman–Crippen MR) is 50.9 cm³/mol. The van der Waals surface area contributed by atoms with E-state index in [1.165, 1.54) is 0 Å². The van der Waals surface area contributed by atoms with Gasteiger partial charge in [-0.05, 0) is 12.1 Å². The Morgan fingerprint density at radius 2 is 1.72 bits per heavy atom. The number of hydrogen-bond acceptors (Lipinski definition) is 4. The molecule has 18 heavy (non-hydrogen) atoms. The number of ketones is 2. The first kappa shape index (κ1) is 14.6. The van der Waals surface area contributed by atoms with E-state index >= 15 is 0 Å². The summed E-state index contributed by atoms with van der Waals surface area (Å²) in [4.78, 5) is 21.7. The van der Waals surface area contributed by atoms with Crippen molar-refractivity contribution in [2.75, 3.05) is 0 Å². The largest absolute Gasteiger partial charge is 0.499 e. The molecule has 0 aliphatic heterocycles. The molecule has 3 nitrogen and oxygen atoms in total. The van der Waals surface area contributed by atoms with Crippen LogP contribution in [0.1, 0.15) is 16.1 Å². The predicted octanol–water partition coefficient (Wildman–Crippen LogP) is 2.79. The lowest BCUT2D eigenvalue weighted by Gasteiger charge is -2.17. The van der Waals surface area contributed by atoms with Crippen molar-refractivity contribution in [3.05, 3.63) is 17.0 Å². The Bertz CT molecular complexity index is 477. The maximum absolute atomic E-state index is 12.5. The van der Waals surface area contributed by atoms with E-state index in [9.17, 15) is 31.5 Å². The van der Waals surface area contributed by atoms with Gasteiger partial charge < -0.3 is 5.11 Å². The number of halogens is 5. The molecular formula is C9H5F5O3S. The Morgan fingerprint density at radius 1 is 1.17 bits per heavy atom. The summed E-state index contributed by atoms with van der Waals surface area (Å²) in [7, 11) is 0. The standard InChI is InChI=1S/C9H5F5O3S/c10-8(11,9(12,13)14)6(16)3-4(15)5-1-2-7(17)18-5/h1-2,17H,3H2. The average molecular weight is 288 g/mol. The van der Waals surface area contributed by atoms with Crippen molar-refractivity contribution in [2.45, 2.75) is 18.5 Å². The lowest BCUT2D eigenvalue weighted by molar-refractivity contribution is -0.268. The first-order chi connectivity index (χ1) is 8.05. The molecule has 0 saturated carbocycles. The van der Waals surface area contributed by atoms with Crippen molar-refractivity contribution in [1.29, 1.82) is 0 Å². The monoisotopic (exact) mass is 288 g/mol.